The summed E-state index contributed by atoms with van der Waals surface area (Å²) >= 11 is 0. The molecule has 3 aliphatic rings. The van der Waals surface area contributed by atoms with Crippen LogP contribution in [0.4, 0.5) is 0 Å². The van der Waals surface area contributed by atoms with E-state index >= 15 is 0 Å². The highest BCUT2D eigenvalue weighted by molar-refractivity contribution is 6.04. The van der Waals surface area contributed by atoms with Crippen LogP contribution in [-0.4, -0.2) is 18.0 Å². The zero-order chi connectivity index (χ0) is 22.5. The second kappa shape index (κ2) is 7.59. The Morgan fingerprint density at radius 1 is 0.788 bits per heavy atom. The fraction of sp³-hybridized carbons (Fsp3) is 0.172. The van der Waals surface area contributed by atoms with Gasteiger partial charge in [-0.1, -0.05) is 67.6 Å². The molecule has 0 N–H and O–H groups in total. The number of hydrogen-bond donors (Lipinski definition) is 0. The first kappa shape index (κ1) is 19.7. The quantitative estimate of drug-likeness (QED) is 0.403. The van der Waals surface area contributed by atoms with Gasteiger partial charge in [-0.15, -0.1) is 0 Å². The fourth-order valence-electron chi connectivity index (χ4n) is 5.13. The summed E-state index contributed by atoms with van der Waals surface area (Å²) in [5.74, 6) is -0.654. The van der Waals surface area contributed by atoms with Crippen LogP contribution in [0.5, 0.6) is 5.75 Å². The molecule has 0 bridgehead atoms. The maximum atomic E-state index is 13.3. The lowest BCUT2D eigenvalue weighted by molar-refractivity contribution is 0.0350. The van der Waals surface area contributed by atoms with Crippen molar-refractivity contribution in [3.63, 3.8) is 0 Å². The lowest BCUT2D eigenvalue weighted by atomic mass is 9.83. The van der Waals surface area contributed by atoms with E-state index < -0.39 is 18.0 Å². The Bertz CT molecular complexity index is 1580. The van der Waals surface area contributed by atoms with Gasteiger partial charge in [0.2, 0.25) is 0 Å². The molecule has 0 spiro atoms. The van der Waals surface area contributed by atoms with Gasteiger partial charge in [0.1, 0.15) is 11.9 Å². The molecule has 4 heteroatoms. The third-order valence-corrected chi connectivity index (χ3v) is 6.65. The summed E-state index contributed by atoms with van der Waals surface area (Å²) in [6, 6.07) is 18.6. The maximum Gasteiger partial charge on any atom is 0.344 e. The van der Waals surface area contributed by atoms with E-state index in [9.17, 15) is 9.59 Å². The normalized spacial score (nSPS) is 20.7. The topological polar surface area (TPSA) is 52.6 Å². The summed E-state index contributed by atoms with van der Waals surface area (Å²) in [5.41, 5.74) is 2.15. The zero-order valence-electron chi connectivity index (χ0n) is 18.2. The molecule has 1 aliphatic heterocycles. The molecule has 3 aromatic carbocycles. The van der Waals surface area contributed by atoms with Crippen molar-refractivity contribution in [3.05, 3.63) is 98.2 Å². The predicted octanol–water partition coefficient (Wildman–Crippen LogP) is 2.43. The van der Waals surface area contributed by atoms with E-state index in [2.05, 4.69) is 31.2 Å². The van der Waals surface area contributed by atoms with Gasteiger partial charge in [-0.25, -0.2) is 9.59 Å². The first-order chi connectivity index (χ1) is 16.1. The Morgan fingerprint density at radius 3 is 2.36 bits per heavy atom. The minimum atomic E-state index is -0.564. The summed E-state index contributed by atoms with van der Waals surface area (Å²) in [6.07, 6.45) is 7.90. The minimum Gasteiger partial charge on any atom is -0.453 e. The molecule has 2 unspecified atom stereocenters. The van der Waals surface area contributed by atoms with E-state index in [-0.39, 0.29) is 17.0 Å². The van der Waals surface area contributed by atoms with Crippen LogP contribution < -0.4 is 25.6 Å². The van der Waals surface area contributed by atoms with Crippen molar-refractivity contribution in [2.24, 2.45) is 5.92 Å². The highest BCUT2D eigenvalue weighted by Crippen LogP contribution is 2.32. The van der Waals surface area contributed by atoms with E-state index in [0.29, 0.717) is 5.75 Å². The first-order valence-electron chi connectivity index (χ1n) is 11.3. The largest absolute Gasteiger partial charge is 0.453 e. The molecule has 0 saturated carbocycles. The lowest BCUT2D eigenvalue weighted by Gasteiger charge is -2.30. The van der Waals surface area contributed by atoms with Crippen molar-refractivity contribution < 1.29 is 19.1 Å². The number of benzene rings is 3. The van der Waals surface area contributed by atoms with E-state index in [4.69, 9.17) is 9.47 Å². The van der Waals surface area contributed by atoms with Gasteiger partial charge in [0, 0.05) is 17.1 Å². The van der Waals surface area contributed by atoms with Crippen molar-refractivity contribution in [3.8, 4) is 5.75 Å². The van der Waals surface area contributed by atoms with Crippen molar-refractivity contribution in [2.75, 3.05) is 0 Å². The maximum absolute atomic E-state index is 13.3. The first-order valence-corrected chi connectivity index (χ1v) is 11.3. The molecule has 0 fully saturated rings. The monoisotopic (exact) mass is 434 g/mol. The number of esters is 2. The highest BCUT2D eigenvalue weighted by Gasteiger charge is 2.34. The third kappa shape index (κ3) is 3.13. The SMILES string of the molecule is CC1C=c2ccccc2=C2c3c(ccc4c3=CCCC=4)OC(=O)c3ccccc3C(=O)OC21. The molecule has 2 aliphatic carbocycles. The van der Waals surface area contributed by atoms with Crippen LogP contribution >= 0.6 is 0 Å². The number of fused-ring (bicyclic) bond motifs is 7. The molecule has 3 aromatic rings. The molecule has 1 heterocycles. The Hall–Kier alpha value is -3.92. The van der Waals surface area contributed by atoms with Gasteiger partial charge >= 0.3 is 11.9 Å². The van der Waals surface area contributed by atoms with Crippen molar-refractivity contribution in [1.82, 2.24) is 0 Å². The number of rotatable bonds is 0. The average molecular weight is 434 g/mol. The molecular weight excluding hydrogens is 412 g/mol. The third-order valence-electron chi connectivity index (χ3n) is 6.65. The summed E-state index contributed by atoms with van der Waals surface area (Å²) in [6.45, 7) is 2.06. The molecular formula is C29H22O4. The Labute approximate surface area is 190 Å². The standard InChI is InChI=1S/C29H22O4/c1-17-16-19-9-3-5-11-21(19)26-25-20-10-4-2-8-18(20)14-15-24(25)32-28(30)22-12-6-7-13-23(22)29(31)33-27(17)26/h3,5-17,27H,2,4H2,1H3. The number of ether oxygens (including phenoxy) is 2. The fourth-order valence-corrected chi connectivity index (χ4v) is 5.13. The molecule has 0 saturated heterocycles. The van der Waals surface area contributed by atoms with Gasteiger partial charge in [0.15, 0.2) is 0 Å². The Kier molecular flexibility index (Phi) is 4.54. The number of hydrogen-bond acceptors (Lipinski definition) is 4. The summed E-state index contributed by atoms with van der Waals surface area (Å²) in [7, 11) is 0. The summed E-state index contributed by atoms with van der Waals surface area (Å²) in [4.78, 5) is 26.5. The molecule has 4 nitrogen and oxygen atoms in total. The van der Waals surface area contributed by atoms with Crippen LogP contribution in [0.3, 0.4) is 0 Å². The molecule has 6 rings (SSSR count). The van der Waals surface area contributed by atoms with Crippen LogP contribution in [-0.2, 0) is 4.74 Å². The lowest BCUT2D eigenvalue weighted by Crippen LogP contribution is -2.44. The second-order valence-electron chi connectivity index (χ2n) is 8.71. The van der Waals surface area contributed by atoms with Crippen LogP contribution in [0.1, 0.15) is 46.0 Å². The molecule has 0 amide bonds. The number of carbonyl (C=O) groups is 2. The van der Waals surface area contributed by atoms with Gasteiger partial charge in [-0.2, -0.15) is 0 Å². The van der Waals surface area contributed by atoms with Gasteiger partial charge in [0.05, 0.1) is 11.1 Å². The molecule has 0 aromatic heterocycles. The molecule has 162 valence electrons. The van der Waals surface area contributed by atoms with E-state index in [0.717, 1.165) is 44.9 Å². The Morgan fingerprint density at radius 2 is 1.52 bits per heavy atom. The van der Waals surface area contributed by atoms with E-state index in [1.807, 2.05) is 30.3 Å². The highest BCUT2D eigenvalue weighted by atomic mass is 16.5. The second-order valence-corrected chi connectivity index (χ2v) is 8.71. The smallest absolute Gasteiger partial charge is 0.344 e. The average Bonchev–Trinajstić information content (AvgIpc) is 2.84. The molecule has 2 atom stereocenters. The van der Waals surface area contributed by atoms with Gasteiger partial charge in [0.25, 0.3) is 0 Å². The van der Waals surface area contributed by atoms with Crippen molar-refractivity contribution in [1.29, 1.82) is 0 Å². The van der Waals surface area contributed by atoms with Gasteiger partial charge in [-0.3, -0.25) is 0 Å². The van der Waals surface area contributed by atoms with Crippen LogP contribution in [0.25, 0.3) is 23.8 Å². The van der Waals surface area contributed by atoms with E-state index in [1.54, 1.807) is 24.3 Å². The van der Waals surface area contributed by atoms with Crippen molar-refractivity contribution in [2.45, 2.75) is 25.9 Å². The summed E-state index contributed by atoms with van der Waals surface area (Å²) in [5, 5.41) is 4.21. The Balaban J connectivity index is 1.76. The van der Waals surface area contributed by atoms with E-state index in [1.165, 1.54) is 0 Å². The molecule has 33 heavy (non-hydrogen) atoms. The predicted molar refractivity (Wildman–Crippen MR) is 126 cm³/mol. The molecule has 0 radical (unpaired) electrons. The van der Waals surface area contributed by atoms with Crippen molar-refractivity contribution >= 4 is 35.7 Å². The van der Waals surface area contributed by atoms with Crippen LogP contribution in [0.2, 0.25) is 0 Å². The van der Waals surface area contributed by atoms with Gasteiger partial charge in [-0.05, 0) is 51.9 Å². The van der Waals surface area contributed by atoms with Gasteiger partial charge < -0.3 is 9.47 Å². The minimum absolute atomic E-state index is 0.0579. The van der Waals surface area contributed by atoms with Crippen LogP contribution in [0.15, 0.2) is 60.7 Å². The number of carbonyl (C=O) groups excluding carboxylic acids is 2. The zero-order valence-corrected chi connectivity index (χ0v) is 18.2. The van der Waals surface area contributed by atoms with Crippen LogP contribution in [0, 0.1) is 5.92 Å². The summed E-state index contributed by atoms with van der Waals surface area (Å²) < 4.78 is 12.2.